The molecular formula is C20H20FN7O. The number of rotatable bonds is 3. The van der Waals surface area contributed by atoms with Gasteiger partial charge in [-0.1, -0.05) is 0 Å². The van der Waals surface area contributed by atoms with Crippen molar-refractivity contribution in [3.8, 4) is 11.1 Å². The minimum atomic E-state index is -0.941. The lowest BCUT2D eigenvalue weighted by Crippen LogP contribution is -2.56. The second kappa shape index (κ2) is 6.20. The molecule has 3 fully saturated rings. The molecule has 2 bridgehead atoms. The number of carbonyl (C=O) groups is 1. The Balaban J connectivity index is 1.31. The zero-order valence-corrected chi connectivity index (χ0v) is 15.7. The largest absolute Gasteiger partial charge is 0.351 e. The fraction of sp³-hybridized carbons (Fsp3) is 0.450. The average Bonchev–Trinajstić information content (AvgIpc) is 3.21. The number of nitrogens with zero attached hydrogens (tertiary/aromatic N) is 7. The molecule has 5 heterocycles. The molecule has 0 radical (unpaired) electrons. The molecule has 9 heteroatoms. The number of carbonyl (C=O) groups excluding carboxylic acids is 1. The molecule has 3 aromatic heterocycles. The van der Waals surface area contributed by atoms with Gasteiger partial charge >= 0.3 is 0 Å². The third-order valence-electron chi connectivity index (χ3n) is 6.37. The second-order valence-corrected chi connectivity index (χ2v) is 8.17. The molecule has 2 unspecified atom stereocenters. The molecule has 0 N–H and O–H groups in total. The lowest BCUT2D eigenvalue weighted by Gasteiger charge is -2.41. The fourth-order valence-electron chi connectivity index (χ4n) is 4.83. The molecule has 6 rings (SSSR count). The number of hydrogen-bond acceptors (Lipinski definition) is 6. The summed E-state index contributed by atoms with van der Waals surface area (Å²) in [6.07, 6.45) is 8.29. The molecule has 0 aromatic carbocycles. The maximum Gasteiger partial charge on any atom is 0.229 e. The van der Waals surface area contributed by atoms with E-state index in [9.17, 15) is 9.18 Å². The highest BCUT2D eigenvalue weighted by atomic mass is 19.1. The van der Waals surface area contributed by atoms with Gasteiger partial charge in [-0.3, -0.25) is 4.79 Å². The summed E-state index contributed by atoms with van der Waals surface area (Å²) >= 11 is 0. The monoisotopic (exact) mass is 393 g/mol. The van der Waals surface area contributed by atoms with Crippen molar-refractivity contribution in [2.75, 3.05) is 18.0 Å². The van der Waals surface area contributed by atoms with Crippen LogP contribution in [0.3, 0.4) is 0 Å². The molecule has 1 aliphatic carbocycles. The third-order valence-corrected chi connectivity index (χ3v) is 6.37. The van der Waals surface area contributed by atoms with Crippen LogP contribution in [0.15, 0.2) is 37.1 Å². The van der Waals surface area contributed by atoms with Crippen LogP contribution in [0.4, 0.5) is 10.2 Å². The van der Waals surface area contributed by atoms with Gasteiger partial charge in [0, 0.05) is 42.5 Å². The van der Waals surface area contributed by atoms with Crippen LogP contribution in [0, 0.1) is 5.92 Å². The van der Waals surface area contributed by atoms with Crippen LogP contribution in [-0.4, -0.2) is 66.9 Å². The molecule has 8 nitrogen and oxygen atoms in total. The first-order valence-corrected chi connectivity index (χ1v) is 10.0. The van der Waals surface area contributed by atoms with Gasteiger partial charge in [0.2, 0.25) is 5.91 Å². The predicted molar refractivity (Wildman–Crippen MR) is 103 cm³/mol. The number of piperazine rings is 1. The van der Waals surface area contributed by atoms with E-state index in [4.69, 9.17) is 0 Å². The van der Waals surface area contributed by atoms with Crippen molar-refractivity contribution in [3.05, 3.63) is 37.1 Å². The lowest BCUT2D eigenvalue weighted by atomic mass is 10.1. The Morgan fingerprint density at radius 1 is 1.14 bits per heavy atom. The predicted octanol–water partition coefficient (Wildman–Crippen LogP) is 1.72. The van der Waals surface area contributed by atoms with Crippen molar-refractivity contribution in [1.82, 2.24) is 29.7 Å². The van der Waals surface area contributed by atoms with Crippen LogP contribution in [0.1, 0.15) is 19.3 Å². The number of aromatic nitrogens is 5. The Bertz CT molecular complexity index is 1070. The summed E-state index contributed by atoms with van der Waals surface area (Å²) in [5.41, 5.74) is 2.89. The number of hydrogen-bond donors (Lipinski definition) is 0. The van der Waals surface area contributed by atoms with E-state index in [0.29, 0.717) is 6.42 Å². The number of anilines is 1. The minimum Gasteiger partial charge on any atom is -0.351 e. The number of alkyl halides is 1. The summed E-state index contributed by atoms with van der Waals surface area (Å²) in [5.74, 6) is 0.470. The van der Waals surface area contributed by atoms with E-state index < -0.39 is 12.1 Å². The summed E-state index contributed by atoms with van der Waals surface area (Å²) in [4.78, 5) is 21.5. The molecule has 1 saturated carbocycles. The highest BCUT2D eigenvalue weighted by molar-refractivity contribution is 5.84. The summed E-state index contributed by atoms with van der Waals surface area (Å²) in [5, 5.41) is 12.1. The normalized spacial score (nSPS) is 28.2. The van der Waals surface area contributed by atoms with E-state index in [-0.39, 0.29) is 18.0 Å². The maximum absolute atomic E-state index is 13.4. The van der Waals surface area contributed by atoms with Gasteiger partial charge in [-0.2, -0.15) is 15.3 Å². The van der Waals surface area contributed by atoms with Gasteiger partial charge in [-0.25, -0.2) is 13.9 Å². The standard InChI is InChI=1S/C20H20FN7O/c21-17-6-16(17)20(29)28-14-1-2-15(28)10-26(9-14)19-18-5-13(8-27(18)25-11-22-19)12-3-4-23-24-7-12/h3-5,7-8,11,14-17H,1-2,6,9-10H2/t14?,15?,16-,17-/m1/s1. The van der Waals surface area contributed by atoms with E-state index in [1.807, 2.05) is 21.7 Å². The molecule has 0 spiro atoms. The van der Waals surface area contributed by atoms with E-state index >= 15 is 0 Å². The molecule has 1 amide bonds. The zero-order valence-electron chi connectivity index (χ0n) is 15.7. The lowest BCUT2D eigenvalue weighted by molar-refractivity contribution is -0.136. The fourth-order valence-corrected chi connectivity index (χ4v) is 4.83. The summed E-state index contributed by atoms with van der Waals surface area (Å²) in [6, 6.07) is 4.23. The van der Waals surface area contributed by atoms with Crippen molar-refractivity contribution >= 4 is 17.2 Å². The van der Waals surface area contributed by atoms with Crippen molar-refractivity contribution in [3.63, 3.8) is 0 Å². The minimum absolute atomic E-state index is 0.00708. The highest BCUT2D eigenvalue weighted by Gasteiger charge is 2.51. The molecule has 4 atom stereocenters. The molecule has 3 aliphatic rings. The number of fused-ring (bicyclic) bond motifs is 3. The quantitative estimate of drug-likeness (QED) is 0.674. The molecule has 2 aliphatic heterocycles. The van der Waals surface area contributed by atoms with E-state index in [1.54, 1.807) is 18.7 Å². The van der Waals surface area contributed by atoms with Gasteiger partial charge in [0.15, 0.2) is 5.82 Å². The molecule has 2 saturated heterocycles. The van der Waals surface area contributed by atoms with E-state index in [2.05, 4.69) is 31.2 Å². The van der Waals surface area contributed by atoms with E-state index in [1.165, 1.54) is 0 Å². The topological polar surface area (TPSA) is 79.5 Å². The zero-order chi connectivity index (χ0) is 19.5. The smallest absolute Gasteiger partial charge is 0.229 e. The van der Waals surface area contributed by atoms with Crippen molar-refractivity contribution in [1.29, 1.82) is 0 Å². The number of amides is 1. The summed E-state index contributed by atoms with van der Waals surface area (Å²) in [6.45, 7) is 1.44. The maximum atomic E-state index is 13.4. The summed E-state index contributed by atoms with van der Waals surface area (Å²) < 4.78 is 15.3. The first kappa shape index (κ1) is 16.8. The Hall–Kier alpha value is -3.10. The molecule has 3 aromatic rings. The molecular weight excluding hydrogens is 373 g/mol. The Morgan fingerprint density at radius 2 is 1.93 bits per heavy atom. The van der Waals surface area contributed by atoms with Gasteiger partial charge in [-0.05, 0) is 31.4 Å². The third kappa shape index (κ3) is 2.67. The molecule has 29 heavy (non-hydrogen) atoms. The first-order valence-electron chi connectivity index (χ1n) is 10.0. The highest BCUT2D eigenvalue weighted by Crippen LogP contribution is 2.41. The Kier molecular flexibility index (Phi) is 3.60. The Morgan fingerprint density at radius 3 is 2.62 bits per heavy atom. The summed E-state index contributed by atoms with van der Waals surface area (Å²) in [7, 11) is 0. The van der Waals surface area contributed by atoms with Crippen LogP contribution in [0.5, 0.6) is 0 Å². The van der Waals surface area contributed by atoms with Gasteiger partial charge in [0.1, 0.15) is 18.0 Å². The average molecular weight is 393 g/mol. The van der Waals surface area contributed by atoms with Gasteiger partial charge < -0.3 is 9.80 Å². The van der Waals surface area contributed by atoms with Gasteiger partial charge in [0.05, 0.1) is 18.3 Å². The van der Waals surface area contributed by atoms with Crippen LogP contribution in [0.2, 0.25) is 0 Å². The van der Waals surface area contributed by atoms with Gasteiger partial charge in [0.25, 0.3) is 0 Å². The van der Waals surface area contributed by atoms with Crippen molar-refractivity contribution < 1.29 is 9.18 Å². The van der Waals surface area contributed by atoms with Crippen LogP contribution in [-0.2, 0) is 4.79 Å². The van der Waals surface area contributed by atoms with Gasteiger partial charge in [-0.15, -0.1) is 0 Å². The first-order chi connectivity index (χ1) is 14.2. The molecule has 148 valence electrons. The Labute approximate surface area is 166 Å². The van der Waals surface area contributed by atoms with Crippen LogP contribution < -0.4 is 4.90 Å². The van der Waals surface area contributed by atoms with Crippen LogP contribution >= 0.6 is 0 Å². The van der Waals surface area contributed by atoms with E-state index in [0.717, 1.165) is 48.4 Å². The second-order valence-electron chi connectivity index (χ2n) is 8.17. The van der Waals surface area contributed by atoms with Crippen LogP contribution in [0.25, 0.3) is 16.6 Å². The SMILES string of the molecule is O=C([C@@H]1C[C@H]1F)N1C2CCC1CN(c1ncnn3cc(-c4ccnnc4)cc13)C2. The van der Waals surface area contributed by atoms with Crippen molar-refractivity contribution in [2.24, 2.45) is 5.92 Å². The van der Waals surface area contributed by atoms with Crippen molar-refractivity contribution in [2.45, 2.75) is 37.5 Å². The number of halogens is 1.